The number of esters is 1. The van der Waals surface area contributed by atoms with Crippen molar-refractivity contribution < 1.29 is 18.8 Å². The zero-order chi connectivity index (χ0) is 16.5. The summed E-state index contributed by atoms with van der Waals surface area (Å²) in [5, 5.41) is 0.663. The molecule has 1 saturated heterocycles. The fourth-order valence-electron chi connectivity index (χ4n) is 1.93. The van der Waals surface area contributed by atoms with E-state index in [0.29, 0.717) is 9.88 Å². The number of ether oxygens (including phenoxy) is 1. The van der Waals surface area contributed by atoms with Gasteiger partial charge in [0.15, 0.2) is 0 Å². The molecule has 0 unspecified atom stereocenters. The fraction of sp³-hybridized carbons (Fsp3) is 0.571. The lowest BCUT2D eigenvalue weighted by Crippen LogP contribution is -2.41. The fourth-order valence-corrected chi connectivity index (χ4v) is 2.74. The quantitative estimate of drug-likeness (QED) is 0.673. The Bertz CT molecular complexity index is 581. The summed E-state index contributed by atoms with van der Waals surface area (Å²) in [6, 6.07) is 0. The highest BCUT2D eigenvalue weighted by molar-refractivity contribution is 7.14. The number of thiazole rings is 1. The average molecular weight is 324 g/mol. The SMILES string of the molecule is COC(=O)c1cnc(C=C(CN)B2OC(C)(C)C(C)(C)O2)s1. The first-order valence-electron chi connectivity index (χ1n) is 7.00. The van der Waals surface area contributed by atoms with Crippen LogP contribution in [-0.2, 0) is 14.0 Å². The Balaban J connectivity index is 2.22. The summed E-state index contributed by atoms with van der Waals surface area (Å²) in [5.74, 6) is -0.401. The van der Waals surface area contributed by atoms with Crippen molar-refractivity contribution in [1.82, 2.24) is 4.98 Å². The number of rotatable bonds is 4. The van der Waals surface area contributed by atoms with Crippen LogP contribution < -0.4 is 5.73 Å². The molecule has 8 heteroatoms. The van der Waals surface area contributed by atoms with Crippen LogP contribution in [-0.4, -0.2) is 42.9 Å². The Morgan fingerprint density at radius 1 is 1.41 bits per heavy atom. The summed E-state index contributed by atoms with van der Waals surface area (Å²) in [5.41, 5.74) is 5.76. The molecule has 0 aliphatic carbocycles. The van der Waals surface area contributed by atoms with Gasteiger partial charge in [0.05, 0.1) is 24.5 Å². The van der Waals surface area contributed by atoms with Crippen molar-refractivity contribution in [3.63, 3.8) is 0 Å². The second kappa shape index (κ2) is 6.12. The van der Waals surface area contributed by atoms with Crippen molar-refractivity contribution in [3.8, 4) is 0 Å². The monoisotopic (exact) mass is 324 g/mol. The maximum Gasteiger partial charge on any atom is 0.491 e. The number of methoxy groups -OCH3 is 1. The van der Waals surface area contributed by atoms with Gasteiger partial charge in [-0.3, -0.25) is 0 Å². The first-order chi connectivity index (χ1) is 10.2. The highest BCUT2D eigenvalue weighted by atomic mass is 32.1. The molecule has 2 heterocycles. The van der Waals surface area contributed by atoms with Crippen LogP contribution in [0.15, 0.2) is 11.7 Å². The molecule has 0 aromatic carbocycles. The molecule has 1 aliphatic heterocycles. The highest BCUT2D eigenvalue weighted by Crippen LogP contribution is 2.38. The topological polar surface area (TPSA) is 83.7 Å². The van der Waals surface area contributed by atoms with E-state index in [0.717, 1.165) is 5.47 Å². The lowest BCUT2D eigenvalue weighted by molar-refractivity contribution is 0.00578. The van der Waals surface area contributed by atoms with Crippen LogP contribution >= 0.6 is 11.3 Å². The molecular formula is C14H21BN2O4S. The van der Waals surface area contributed by atoms with Crippen molar-refractivity contribution >= 4 is 30.5 Å². The Labute approximate surface area is 134 Å². The summed E-state index contributed by atoms with van der Waals surface area (Å²) < 4.78 is 16.6. The molecular weight excluding hydrogens is 303 g/mol. The van der Waals surface area contributed by atoms with Gasteiger partial charge in [0, 0.05) is 6.54 Å². The molecule has 0 atom stereocenters. The average Bonchev–Trinajstić information content (AvgIpc) is 2.98. The van der Waals surface area contributed by atoms with Gasteiger partial charge in [-0.1, -0.05) is 0 Å². The molecule has 2 rings (SSSR count). The van der Waals surface area contributed by atoms with Gasteiger partial charge < -0.3 is 19.8 Å². The molecule has 1 aromatic rings. The smallest absolute Gasteiger partial charge is 0.465 e. The van der Waals surface area contributed by atoms with Gasteiger partial charge in [0.1, 0.15) is 9.88 Å². The number of hydrogen-bond donors (Lipinski definition) is 1. The van der Waals surface area contributed by atoms with Crippen LogP contribution in [0.25, 0.3) is 6.08 Å². The normalized spacial score (nSPS) is 20.3. The van der Waals surface area contributed by atoms with E-state index in [2.05, 4.69) is 9.72 Å². The molecule has 0 amide bonds. The molecule has 0 radical (unpaired) electrons. The Kier molecular flexibility index (Phi) is 4.77. The number of nitrogens with two attached hydrogens (primary N) is 1. The summed E-state index contributed by atoms with van der Waals surface area (Å²) >= 11 is 1.24. The number of carbonyl (C=O) groups excluding carboxylic acids is 1. The maximum absolute atomic E-state index is 11.5. The Hall–Kier alpha value is -1.22. The maximum atomic E-state index is 11.5. The summed E-state index contributed by atoms with van der Waals surface area (Å²) in [6.45, 7) is 8.23. The highest BCUT2D eigenvalue weighted by Gasteiger charge is 2.52. The van der Waals surface area contributed by atoms with Crippen LogP contribution in [0.5, 0.6) is 0 Å². The third kappa shape index (κ3) is 3.25. The second-order valence-corrected chi connectivity index (χ2v) is 7.13. The van der Waals surface area contributed by atoms with Gasteiger partial charge >= 0.3 is 13.1 Å². The van der Waals surface area contributed by atoms with E-state index in [1.54, 1.807) is 6.08 Å². The number of aromatic nitrogens is 1. The summed E-state index contributed by atoms with van der Waals surface area (Å²) in [4.78, 5) is 16.1. The summed E-state index contributed by atoms with van der Waals surface area (Å²) in [7, 11) is 0.827. The zero-order valence-electron chi connectivity index (χ0n) is 13.5. The van der Waals surface area contributed by atoms with E-state index < -0.39 is 24.3 Å². The Morgan fingerprint density at radius 2 is 2.00 bits per heavy atom. The van der Waals surface area contributed by atoms with E-state index in [4.69, 9.17) is 15.0 Å². The summed E-state index contributed by atoms with van der Waals surface area (Å²) in [6.07, 6.45) is 3.29. The number of hydrogen-bond acceptors (Lipinski definition) is 7. The van der Waals surface area contributed by atoms with Crippen LogP contribution in [0.2, 0.25) is 0 Å². The second-order valence-electron chi connectivity index (χ2n) is 6.07. The predicted octanol–water partition coefficient (Wildman–Crippen LogP) is 1.90. The molecule has 120 valence electrons. The molecule has 6 nitrogen and oxygen atoms in total. The predicted molar refractivity (Wildman–Crippen MR) is 86.6 cm³/mol. The van der Waals surface area contributed by atoms with E-state index in [1.807, 2.05) is 27.7 Å². The van der Waals surface area contributed by atoms with Crippen LogP contribution in [0.4, 0.5) is 0 Å². The van der Waals surface area contributed by atoms with Crippen molar-refractivity contribution in [2.24, 2.45) is 5.73 Å². The van der Waals surface area contributed by atoms with Gasteiger partial charge in [-0.05, 0) is 39.2 Å². The number of carbonyl (C=O) groups is 1. The minimum Gasteiger partial charge on any atom is -0.465 e. The van der Waals surface area contributed by atoms with Gasteiger partial charge in [-0.15, -0.1) is 11.3 Å². The van der Waals surface area contributed by atoms with Crippen molar-refractivity contribution in [1.29, 1.82) is 0 Å². The zero-order valence-corrected chi connectivity index (χ0v) is 14.3. The number of nitrogens with zero attached hydrogens (tertiary/aromatic N) is 1. The molecule has 0 bridgehead atoms. The molecule has 22 heavy (non-hydrogen) atoms. The lowest BCUT2D eigenvalue weighted by atomic mass is 9.78. The van der Waals surface area contributed by atoms with E-state index in [1.165, 1.54) is 24.6 Å². The van der Waals surface area contributed by atoms with Gasteiger partial charge in [0.2, 0.25) is 0 Å². The van der Waals surface area contributed by atoms with Gasteiger partial charge in [-0.2, -0.15) is 0 Å². The van der Waals surface area contributed by atoms with Crippen LogP contribution in [0, 0.1) is 0 Å². The molecule has 2 N–H and O–H groups in total. The molecule has 1 aliphatic rings. The Morgan fingerprint density at radius 3 is 2.50 bits per heavy atom. The van der Waals surface area contributed by atoms with Crippen molar-refractivity contribution in [3.05, 3.63) is 21.6 Å². The van der Waals surface area contributed by atoms with E-state index in [-0.39, 0.29) is 6.54 Å². The lowest BCUT2D eigenvalue weighted by Gasteiger charge is -2.32. The van der Waals surface area contributed by atoms with Crippen LogP contribution in [0.3, 0.4) is 0 Å². The molecule has 0 spiro atoms. The first kappa shape index (κ1) is 17.1. The van der Waals surface area contributed by atoms with Gasteiger partial charge in [0.25, 0.3) is 0 Å². The minimum atomic E-state index is -0.513. The molecule has 0 saturated carbocycles. The molecule has 1 aromatic heterocycles. The molecule has 1 fully saturated rings. The van der Waals surface area contributed by atoms with Crippen molar-refractivity contribution in [2.75, 3.05) is 13.7 Å². The van der Waals surface area contributed by atoms with E-state index >= 15 is 0 Å². The van der Waals surface area contributed by atoms with E-state index in [9.17, 15) is 4.79 Å². The first-order valence-corrected chi connectivity index (χ1v) is 7.82. The largest absolute Gasteiger partial charge is 0.491 e. The minimum absolute atomic E-state index is 0.282. The van der Waals surface area contributed by atoms with Gasteiger partial charge in [-0.25, -0.2) is 9.78 Å². The van der Waals surface area contributed by atoms with Crippen LogP contribution in [0.1, 0.15) is 42.4 Å². The standard InChI is InChI=1S/C14H21BN2O4S/c1-13(2)14(3,4)21-15(20-13)9(7-16)6-11-17-8-10(22-11)12(18)19-5/h6,8H,7,16H2,1-5H3. The third-order valence-corrected chi connectivity index (χ3v) is 4.94. The van der Waals surface area contributed by atoms with Crippen molar-refractivity contribution in [2.45, 2.75) is 38.9 Å². The third-order valence-electron chi connectivity index (χ3n) is 4.01.